The number of Topliss-reactive ketones (excluding diaryl/α,β-unsaturated/α-hetero) is 1. The molecular formula is C21H32O3. The topological polar surface area (TPSA) is 43.4 Å². The molecule has 0 saturated heterocycles. The Kier molecular flexibility index (Phi) is 8.73. The van der Waals surface area contributed by atoms with Gasteiger partial charge in [0.05, 0.1) is 12.5 Å². The van der Waals surface area contributed by atoms with Crippen LogP contribution >= 0.6 is 0 Å². The molecular weight excluding hydrogens is 300 g/mol. The molecule has 1 aromatic rings. The van der Waals surface area contributed by atoms with Gasteiger partial charge in [-0.1, -0.05) is 76.8 Å². The summed E-state index contributed by atoms with van der Waals surface area (Å²) in [4.78, 5) is 24.3. The van der Waals surface area contributed by atoms with Gasteiger partial charge in [-0.15, -0.1) is 0 Å². The second-order valence-corrected chi connectivity index (χ2v) is 7.13. The Morgan fingerprint density at radius 2 is 1.67 bits per heavy atom. The predicted molar refractivity (Wildman–Crippen MR) is 98.0 cm³/mol. The Labute approximate surface area is 146 Å². The van der Waals surface area contributed by atoms with E-state index in [1.54, 1.807) is 0 Å². The molecule has 134 valence electrons. The average Bonchev–Trinajstić information content (AvgIpc) is 2.56. The SMILES string of the molecule is CCCCCCCOC(=O)C(CC(C)=O)C(C)(C)c1ccccc1. The third-order valence-corrected chi connectivity index (χ3v) is 4.66. The number of rotatable bonds is 11. The number of hydrogen-bond donors (Lipinski definition) is 0. The minimum absolute atomic E-state index is 0.0175. The van der Waals surface area contributed by atoms with Gasteiger partial charge in [-0.25, -0.2) is 0 Å². The minimum atomic E-state index is -0.451. The monoisotopic (exact) mass is 332 g/mol. The second kappa shape index (κ2) is 10.3. The summed E-state index contributed by atoms with van der Waals surface area (Å²) in [5, 5.41) is 0. The molecule has 0 aliphatic heterocycles. The van der Waals surface area contributed by atoms with E-state index in [0.29, 0.717) is 6.61 Å². The summed E-state index contributed by atoms with van der Waals surface area (Å²) in [5.74, 6) is -0.688. The Hall–Kier alpha value is -1.64. The van der Waals surface area contributed by atoms with Crippen molar-refractivity contribution in [3.63, 3.8) is 0 Å². The van der Waals surface area contributed by atoms with Gasteiger partial charge in [0.1, 0.15) is 5.78 Å². The van der Waals surface area contributed by atoms with E-state index in [-0.39, 0.29) is 18.2 Å². The van der Waals surface area contributed by atoms with Gasteiger partial charge in [0, 0.05) is 11.8 Å². The lowest BCUT2D eigenvalue weighted by molar-refractivity contribution is -0.152. The fraction of sp³-hybridized carbons (Fsp3) is 0.619. The number of carbonyl (C=O) groups is 2. The molecule has 1 rings (SSSR count). The lowest BCUT2D eigenvalue weighted by atomic mass is 9.71. The van der Waals surface area contributed by atoms with Crippen molar-refractivity contribution in [1.29, 1.82) is 0 Å². The number of carbonyl (C=O) groups excluding carboxylic acids is 2. The van der Waals surface area contributed by atoms with Crippen LogP contribution in [0.1, 0.15) is 71.8 Å². The van der Waals surface area contributed by atoms with Crippen molar-refractivity contribution in [1.82, 2.24) is 0 Å². The first-order chi connectivity index (χ1) is 11.4. The van der Waals surface area contributed by atoms with Crippen LogP contribution in [-0.4, -0.2) is 18.4 Å². The summed E-state index contributed by atoms with van der Waals surface area (Å²) in [6.07, 6.45) is 5.80. The van der Waals surface area contributed by atoms with Crippen LogP contribution in [0.2, 0.25) is 0 Å². The fourth-order valence-corrected chi connectivity index (χ4v) is 2.97. The molecule has 0 saturated carbocycles. The standard InChI is InChI=1S/C21H32O3/c1-5-6-7-8-12-15-24-20(23)19(16-17(2)22)21(3,4)18-13-10-9-11-14-18/h9-11,13-14,19H,5-8,12,15-16H2,1-4H3. The number of hydrogen-bond acceptors (Lipinski definition) is 3. The molecule has 0 aliphatic rings. The smallest absolute Gasteiger partial charge is 0.310 e. The highest BCUT2D eigenvalue weighted by molar-refractivity contribution is 5.84. The molecule has 0 radical (unpaired) electrons. The first-order valence-corrected chi connectivity index (χ1v) is 9.11. The summed E-state index contributed by atoms with van der Waals surface area (Å²) in [6.45, 7) is 8.18. The van der Waals surface area contributed by atoms with Crippen molar-refractivity contribution in [3.8, 4) is 0 Å². The zero-order valence-electron chi connectivity index (χ0n) is 15.6. The van der Waals surface area contributed by atoms with Gasteiger partial charge in [0.2, 0.25) is 0 Å². The normalized spacial score (nSPS) is 12.7. The van der Waals surface area contributed by atoms with E-state index in [2.05, 4.69) is 6.92 Å². The summed E-state index contributed by atoms with van der Waals surface area (Å²) in [7, 11) is 0. The van der Waals surface area contributed by atoms with Gasteiger partial charge in [-0.2, -0.15) is 0 Å². The molecule has 0 bridgehead atoms. The van der Waals surface area contributed by atoms with E-state index in [1.807, 2.05) is 44.2 Å². The summed E-state index contributed by atoms with van der Waals surface area (Å²) in [5.41, 5.74) is 0.614. The molecule has 0 amide bonds. The number of benzene rings is 1. The lowest BCUT2D eigenvalue weighted by Gasteiger charge is -2.33. The summed E-state index contributed by atoms with van der Waals surface area (Å²) in [6, 6.07) is 9.88. The van der Waals surface area contributed by atoms with Crippen molar-refractivity contribution in [2.24, 2.45) is 5.92 Å². The average molecular weight is 332 g/mol. The minimum Gasteiger partial charge on any atom is -0.465 e. The van der Waals surface area contributed by atoms with Gasteiger partial charge in [0.25, 0.3) is 0 Å². The maximum Gasteiger partial charge on any atom is 0.310 e. The molecule has 0 heterocycles. The quantitative estimate of drug-likeness (QED) is 0.419. The lowest BCUT2D eigenvalue weighted by Crippen LogP contribution is -2.37. The van der Waals surface area contributed by atoms with Gasteiger partial charge < -0.3 is 9.53 Å². The van der Waals surface area contributed by atoms with E-state index in [0.717, 1.165) is 18.4 Å². The van der Waals surface area contributed by atoms with E-state index in [4.69, 9.17) is 4.74 Å². The Morgan fingerprint density at radius 3 is 2.25 bits per heavy atom. The van der Waals surface area contributed by atoms with Gasteiger partial charge >= 0.3 is 5.97 Å². The Bertz CT molecular complexity index is 505. The molecule has 0 aliphatic carbocycles. The third kappa shape index (κ3) is 6.46. The first kappa shape index (κ1) is 20.4. The molecule has 1 atom stereocenters. The Morgan fingerprint density at radius 1 is 1.04 bits per heavy atom. The molecule has 3 nitrogen and oxygen atoms in total. The summed E-state index contributed by atoms with van der Waals surface area (Å²) >= 11 is 0. The van der Waals surface area contributed by atoms with Gasteiger partial charge in [-0.3, -0.25) is 4.79 Å². The molecule has 0 fully saturated rings. The third-order valence-electron chi connectivity index (χ3n) is 4.66. The highest BCUT2D eigenvalue weighted by atomic mass is 16.5. The van der Waals surface area contributed by atoms with Crippen molar-refractivity contribution in [3.05, 3.63) is 35.9 Å². The molecule has 1 unspecified atom stereocenters. The molecule has 0 spiro atoms. The highest BCUT2D eigenvalue weighted by Gasteiger charge is 2.38. The Balaban J connectivity index is 2.70. The first-order valence-electron chi connectivity index (χ1n) is 9.11. The molecule has 24 heavy (non-hydrogen) atoms. The number of ketones is 1. The van der Waals surface area contributed by atoms with Crippen molar-refractivity contribution >= 4 is 11.8 Å². The van der Waals surface area contributed by atoms with Crippen LogP contribution in [0.4, 0.5) is 0 Å². The molecule has 0 aromatic heterocycles. The second-order valence-electron chi connectivity index (χ2n) is 7.13. The van der Waals surface area contributed by atoms with Crippen molar-refractivity contribution in [2.75, 3.05) is 6.61 Å². The zero-order valence-corrected chi connectivity index (χ0v) is 15.6. The maximum absolute atomic E-state index is 12.6. The van der Waals surface area contributed by atoms with Crippen LogP contribution < -0.4 is 0 Å². The highest BCUT2D eigenvalue weighted by Crippen LogP contribution is 2.35. The summed E-state index contributed by atoms with van der Waals surface area (Å²) < 4.78 is 5.50. The van der Waals surface area contributed by atoms with E-state index in [9.17, 15) is 9.59 Å². The van der Waals surface area contributed by atoms with Crippen LogP contribution in [0.3, 0.4) is 0 Å². The predicted octanol–water partition coefficient (Wildman–Crippen LogP) is 5.07. The van der Waals surface area contributed by atoms with Gasteiger partial charge in [0.15, 0.2) is 0 Å². The van der Waals surface area contributed by atoms with Crippen LogP contribution in [0.15, 0.2) is 30.3 Å². The van der Waals surface area contributed by atoms with Crippen molar-refractivity contribution < 1.29 is 14.3 Å². The number of unbranched alkanes of at least 4 members (excludes halogenated alkanes) is 4. The number of esters is 1. The number of ether oxygens (including phenoxy) is 1. The maximum atomic E-state index is 12.6. The molecule has 1 aromatic carbocycles. The fourth-order valence-electron chi connectivity index (χ4n) is 2.97. The van der Waals surface area contributed by atoms with E-state index >= 15 is 0 Å². The van der Waals surface area contributed by atoms with Crippen LogP contribution in [0, 0.1) is 5.92 Å². The largest absolute Gasteiger partial charge is 0.465 e. The van der Waals surface area contributed by atoms with E-state index < -0.39 is 11.3 Å². The van der Waals surface area contributed by atoms with Gasteiger partial charge in [-0.05, 0) is 18.9 Å². The van der Waals surface area contributed by atoms with Crippen LogP contribution in [0.5, 0.6) is 0 Å². The van der Waals surface area contributed by atoms with Crippen LogP contribution in [0.25, 0.3) is 0 Å². The zero-order chi connectivity index (χ0) is 18.0. The molecule has 0 N–H and O–H groups in total. The molecule has 3 heteroatoms. The van der Waals surface area contributed by atoms with Crippen molar-refractivity contribution in [2.45, 2.75) is 71.6 Å². The van der Waals surface area contributed by atoms with Crippen LogP contribution in [-0.2, 0) is 19.7 Å². The van der Waals surface area contributed by atoms with E-state index in [1.165, 1.54) is 26.2 Å².